The molecule has 2 amide bonds. The summed E-state index contributed by atoms with van der Waals surface area (Å²) in [6.45, 7) is 2.64. The fourth-order valence-corrected chi connectivity index (χ4v) is 6.53. The molecule has 2 aromatic rings. The Morgan fingerprint density at radius 3 is 2.65 bits per heavy atom. The normalized spacial score (nSPS) is 31.0. The SMILES string of the molecule is COCCn1ncc(C(=O)NC2C3CC4CC2CC(NC(C)=O)(C4)C3)c1-n1cccn1. The van der Waals surface area contributed by atoms with E-state index in [1.54, 1.807) is 35.8 Å². The van der Waals surface area contributed by atoms with Crippen molar-refractivity contribution in [2.45, 2.75) is 57.2 Å². The minimum absolute atomic E-state index is 0.0508. The van der Waals surface area contributed by atoms with Crippen molar-refractivity contribution in [3.05, 3.63) is 30.2 Å². The van der Waals surface area contributed by atoms with Gasteiger partial charge >= 0.3 is 0 Å². The number of hydrogen-bond donors (Lipinski definition) is 2. The maximum atomic E-state index is 13.4. The van der Waals surface area contributed by atoms with Crippen LogP contribution in [0.15, 0.2) is 24.7 Å². The van der Waals surface area contributed by atoms with E-state index in [2.05, 4.69) is 20.8 Å². The molecule has 2 atom stereocenters. The van der Waals surface area contributed by atoms with Crippen LogP contribution < -0.4 is 10.6 Å². The van der Waals surface area contributed by atoms with Gasteiger partial charge in [0.15, 0.2) is 5.82 Å². The van der Waals surface area contributed by atoms with E-state index in [1.165, 1.54) is 0 Å². The second-order valence-electron chi connectivity index (χ2n) is 9.48. The summed E-state index contributed by atoms with van der Waals surface area (Å²) in [6.07, 6.45) is 10.4. The Morgan fingerprint density at radius 2 is 2.00 bits per heavy atom. The van der Waals surface area contributed by atoms with E-state index in [-0.39, 0.29) is 23.4 Å². The monoisotopic (exact) mass is 426 g/mol. The number of ether oxygens (including phenoxy) is 1. The van der Waals surface area contributed by atoms with E-state index in [9.17, 15) is 9.59 Å². The van der Waals surface area contributed by atoms with Gasteiger partial charge in [-0.1, -0.05) is 0 Å². The molecular weight excluding hydrogens is 396 g/mol. The van der Waals surface area contributed by atoms with Gasteiger partial charge in [-0.3, -0.25) is 9.59 Å². The number of rotatable bonds is 7. The van der Waals surface area contributed by atoms with Gasteiger partial charge in [0.05, 0.1) is 19.3 Å². The summed E-state index contributed by atoms with van der Waals surface area (Å²) in [7, 11) is 1.64. The molecule has 4 saturated carbocycles. The predicted octanol–water partition coefficient (Wildman–Crippen LogP) is 1.53. The average molecular weight is 427 g/mol. The Morgan fingerprint density at radius 1 is 1.23 bits per heavy atom. The fraction of sp³-hybridized carbons (Fsp3) is 0.636. The van der Waals surface area contributed by atoms with Crippen molar-refractivity contribution in [3.63, 3.8) is 0 Å². The molecule has 9 heteroatoms. The lowest BCUT2D eigenvalue weighted by Gasteiger charge is -2.60. The number of methoxy groups -OCH3 is 1. The first kappa shape index (κ1) is 20.2. The molecule has 4 aliphatic rings. The van der Waals surface area contributed by atoms with E-state index in [0.717, 1.165) is 32.1 Å². The Hall–Kier alpha value is -2.68. The Balaban J connectivity index is 1.37. The van der Waals surface area contributed by atoms with Gasteiger partial charge in [0, 0.05) is 38.0 Å². The van der Waals surface area contributed by atoms with Crippen molar-refractivity contribution < 1.29 is 14.3 Å². The van der Waals surface area contributed by atoms with Gasteiger partial charge in [0.2, 0.25) is 5.91 Å². The molecule has 166 valence electrons. The third-order valence-electron chi connectivity index (χ3n) is 7.30. The molecule has 9 nitrogen and oxygen atoms in total. The average Bonchev–Trinajstić information content (AvgIpc) is 3.36. The number of nitrogens with one attached hydrogen (secondary N) is 2. The second kappa shape index (κ2) is 7.78. The lowest BCUT2D eigenvalue weighted by atomic mass is 9.51. The molecule has 0 spiro atoms. The first-order valence-corrected chi connectivity index (χ1v) is 11.1. The largest absolute Gasteiger partial charge is 0.383 e. The standard InChI is InChI=1S/C22H30N6O3/c1-14(29)26-22-10-15-8-16(11-22)19(17(9-15)12-22)25-20(30)18-13-24-28(6-7-31-2)21(18)27-5-3-4-23-27/h3-5,13,15-17,19H,6-12H2,1-2H3,(H,25,30)(H,26,29). The third-order valence-corrected chi connectivity index (χ3v) is 7.30. The van der Waals surface area contributed by atoms with Crippen LogP contribution in [0.25, 0.3) is 5.82 Å². The van der Waals surface area contributed by atoms with Crippen LogP contribution in [0.5, 0.6) is 0 Å². The molecule has 0 aromatic carbocycles. The van der Waals surface area contributed by atoms with Crippen LogP contribution >= 0.6 is 0 Å². The number of carbonyl (C=O) groups excluding carboxylic acids is 2. The maximum absolute atomic E-state index is 13.4. The van der Waals surface area contributed by atoms with Crippen LogP contribution in [0.4, 0.5) is 0 Å². The summed E-state index contributed by atoms with van der Waals surface area (Å²) in [5, 5.41) is 15.3. The first-order valence-electron chi connectivity index (χ1n) is 11.1. The Bertz CT molecular complexity index is 952. The second-order valence-corrected chi connectivity index (χ2v) is 9.48. The molecular formula is C22H30N6O3. The Kier molecular flexibility index (Phi) is 5.08. The number of nitrogens with zero attached hydrogens (tertiary/aromatic N) is 4. The number of amides is 2. The van der Waals surface area contributed by atoms with Gasteiger partial charge in [-0.2, -0.15) is 10.2 Å². The highest BCUT2D eigenvalue weighted by Gasteiger charge is 2.56. The minimum atomic E-state index is -0.111. The van der Waals surface area contributed by atoms with Gasteiger partial charge in [-0.05, 0) is 55.9 Å². The highest BCUT2D eigenvalue weighted by atomic mass is 16.5. The topological polar surface area (TPSA) is 103 Å². The quantitative estimate of drug-likeness (QED) is 0.699. The molecule has 2 heterocycles. The molecule has 4 bridgehead atoms. The van der Waals surface area contributed by atoms with E-state index in [0.29, 0.717) is 42.3 Å². The van der Waals surface area contributed by atoms with Crippen LogP contribution in [0.2, 0.25) is 0 Å². The minimum Gasteiger partial charge on any atom is -0.383 e. The number of carbonyl (C=O) groups is 2. The predicted molar refractivity (Wildman–Crippen MR) is 113 cm³/mol. The smallest absolute Gasteiger partial charge is 0.256 e. The molecule has 2 N–H and O–H groups in total. The molecule has 6 rings (SSSR count). The molecule has 2 aromatic heterocycles. The molecule has 0 radical (unpaired) electrons. The van der Waals surface area contributed by atoms with E-state index in [1.807, 2.05) is 12.3 Å². The van der Waals surface area contributed by atoms with Gasteiger partial charge in [-0.15, -0.1) is 0 Å². The highest BCUT2D eigenvalue weighted by Crippen LogP contribution is 2.55. The van der Waals surface area contributed by atoms with Crippen molar-refractivity contribution in [1.29, 1.82) is 0 Å². The van der Waals surface area contributed by atoms with Crippen LogP contribution in [-0.2, 0) is 16.1 Å². The number of aromatic nitrogens is 4. The van der Waals surface area contributed by atoms with E-state index >= 15 is 0 Å². The summed E-state index contributed by atoms with van der Waals surface area (Å²) >= 11 is 0. The molecule has 4 fully saturated rings. The van der Waals surface area contributed by atoms with Crippen molar-refractivity contribution in [2.24, 2.45) is 17.8 Å². The molecule has 0 saturated heterocycles. The summed E-state index contributed by atoms with van der Waals surface area (Å²) < 4.78 is 8.63. The highest BCUT2D eigenvalue weighted by molar-refractivity contribution is 5.97. The molecule has 2 unspecified atom stereocenters. The van der Waals surface area contributed by atoms with Crippen LogP contribution in [-0.4, -0.2) is 56.7 Å². The number of hydrogen-bond acceptors (Lipinski definition) is 5. The van der Waals surface area contributed by atoms with E-state index < -0.39 is 0 Å². The lowest BCUT2D eigenvalue weighted by molar-refractivity contribution is -0.125. The van der Waals surface area contributed by atoms with E-state index in [4.69, 9.17) is 4.74 Å². The van der Waals surface area contributed by atoms with Gasteiger partial charge in [-0.25, -0.2) is 9.36 Å². The molecule has 4 aliphatic carbocycles. The summed E-state index contributed by atoms with van der Waals surface area (Å²) in [5.41, 5.74) is 0.444. The maximum Gasteiger partial charge on any atom is 0.256 e. The van der Waals surface area contributed by atoms with Crippen molar-refractivity contribution in [3.8, 4) is 5.82 Å². The van der Waals surface area contributed by atoms with Gasteiger partial charge < -0.3 is 15.4 Å². The van der Waals surface area contributed by atoms with Gasteiger partial charge in [0.25, 0.3) is 5.91 Å². The van der Waals surface area contributed by atoms with Crippen LogP contribution in [0.3, 0.4) is 0 Å². The zero-order valence-corrected chi connectivity index (χ0v) is 18.1. The van der Waals surface area contributed by atoms with Gasteiger partial charge in [0.1, 0.15) is 5.56 Å². The lowest BCUT2D eigenvalue weighted by Crippen LogP contribution is -2.66. The zero-order chi connectivity index (χ0) is 21.6. The molecule has 0 aliphatic heterocycles. The fourth-order valence-electron chi connectivity index (χ4n) is 6.53. The van der Waals surface area contributed by atoms with Crippen LogP contribution in [0.1, 0.15) is 49.4 Å². The summed E-state index contributed by atoms with van der Waals surface area (Å²) in [5.74, 6) is 2.04. The van der Waals surface area contributed by atoms with Crippen molar-refractivity contribution in [1.82, 2.24) is 30.2 Å². The van der Waals surface area contributed by atoms with Crippen molar-refractivity contribution in [2.75, 3.05) is 13.7 Å². The first-order chi connectivity index (χ1) is 15.0. The molecule has 31 heavy (non-hydrogen) atoms. The zero-order valence-electron chi connectivity index (χ0n) is 18.1. The Labute approximate surface area is 181 Å². The summed E-state index contributed by atoms with van der Waals surface area (Å²) in [4.78, 5) is 25.2. The summed E-state index contributed by atoms with van der Waals surface area (Å²) in [6, 6.07) is 1.97. The van der Waals surface area contributed by atoms with Crippen LogP contribution in [0, 0.1) is 17.8 Å². The third kappa shape index (κ3) is 3.64. The van der Waals surface area contributed by atoms with Crippen molar-refractivity contribution >= 4 is 11.8 Å².